The highest BCUT2D eigenvalue weighted by Gasteiger charge is 2.15. The average Bonchev–Trinajstić information content (AvgIpc) is 3.34. The standard InChI is InChI=1S/C22H19N3O2/c1-16-20(12-13-27-16)22(26)23-14-18-15-25(19-10-6-3-7-11-19)24-21(18)17-8-4-2-5-9-17/h2-13,15H,14H2,1H3,(H,23,26). The van der Waals surface area contributed by atoms with Gasteiger partial charge in [0.1, 0.15) is 5.76 Å². The van der Waals surface area contributed by atoms with Crippen LogP contribution >= 0.6 is 0 Å². The van der Waals surface area contributed by atoms with Crippen molar-refractivity contribution in [1.82, 2.24) is 15.1 Å². The summed E-state index contributed by atoms with van der Waals surface area (Å²) in [4.78, 5) is 12.4. The van der Waals surface area contributed by atoms with Crippen LogP contribution < -0.4 is 5.32 Å². The largest absolute Gasteiger partial charge is 0.469 e. The molecule has 2 heterocycles. The van der Waals surface area contributed by atoms with Gasteiger partial charge in [0.15, 0.2) is 0 Å². The van der Waals surface area contributed by atoms with Gasteiger partial charge in [-0.15, -0.1) is 0 Å². The van der Waals surface area contributed by atoms with E-state index in [-0.39, 0.29) is 5.91 Å². The summed E-state index contributed by atoms with van der Waals surface area (Å²) in [6, 6.07) is 21.6. The molecule has 134 valence electrons. The van der Waals surface area contributed by atoms with E-state index >= 15 is 0 Å². The van der Waals surface area contributed by atoms with Crippen LogP contribution in [0.25, 0.3) is 16.9 Å². The summed E-state index contributed by atoms with van der Waals surface area (Å²) in [5.41, 5.74) is 4.32. The van der Waals surface area contributed by atoms with Crippen molar-refractivity contribution >= 4 is 5.91 Å². The molecule has 0 spiro atoms. The van der Waals surface area contributed by atoms with Crippen LogP contribution in [-0.4, -0.2) is 15.7 Å². The molecule has 2 aromatic heterocycles. The Morgan fingerprint density at radius 2 is 1.74 bits per heavy atom. The molecule has 0 atom stereocenters. The highest BCUT2D eigenvalue weighted by atomic mass is 16.3. The minimum Gasteiger partial charge on any atom is -0.469 e. The second-order valence-electron chi connectivity index (χ2n) is 6.22. The molecule has 2 aromatic carbocycles. The predicted octanol–water partition coefficient (Wildman–Crippen LogP) is 4.37. The topological polar surface area (TPSA) is 60.1 Å². The first kappa shape index (κ1) is 16.8. The van der Waals surface area contributed by atoms with Gasteiger partial charge < -0.3 is 9.73 Å². The molecule has 0 fully saturated rings. The van der Waals surface area contributed by atoms with Crippen molar-refractivity contribution in [1.29, 1.82) is 0 Å². The zero-order chi connectivity index (χ0) is 18.6. The molecule has 0 bridgehead atoms. The van der Waals surface area contributed by atoms with E-state index in [1.165, 1.54) is 6.26 Å². The molecule has 0 aliphatic carbocycles. The van der Waals surface area contributed by atoms with Crippen molar-refractivity contribution < 1.29 is 9.21 Å². The molecular formula is C22H19N3O2. The Morgan fingerprint density at radius 3 is 2.41 bits per heavy atom. The summed E-state index contributed by atoms with van der Waals surface area (Å²) in [5.74, 6) is 0.448. The lowest BCUT2D eigenvalue weighted by Crippen LogP contribution is -2.23. The molecule has 0 unspecified atom stereocenters. The molecule has 0 saturated heterocycles. The van der Waals surface area contributed by atoms with Crippen LogP contribution in [0, 0.1) is 6.92 Å². The van der Waals surface area contributed by atoms with E-state index < -0.39 is 0 Å². The van der Waals surface area contributed by atoms with Gasteiger partial charge in [0.25, 0.3) is 5.91 Å². The van der Waals surface area contributed by atoms with Crippen molar-refractivity contribution in [3.05, 3.63) is 96.1 Å². The fourth-order valence-electron chi connectivity index (χ4n) is 2.98. The number of hydrogen-bond acceptors (Lipinski definition) is 3. The van der Waals surface area contributed by atoms with Gasteiger partial charge in [-0.2, -0.15) is 5.10 Å². The van der Waals surface area contributed by atoms with Gasteiger partial charge in [0, 0.05) is 23.9 Å². The van der Waals surface area contributed by atoms with Gasteiger partial charge in [0.2, 0.25) is 0 Å². The van der Waals surface area contributed by atoms with Crippen LogP contribution in [0.4, 0.5) is 0 Å². The highest BCUT2D eigenvalue weighted by Crippen LogP contribution is 2.23. The molecule has 5 nitrogen and oxygen atoms in total. The van der Waals surface area contributed by atoms with E-state index in [9.17, 15) is 4.79 Å². The first-order chi connectivity index (χ1) is 13.2. The minimum absolute atomic E-state index is 0.160. The van der Waals surface area contributed by atoms with Crippen LogP contribution in [0.3, 0.4) is 0 Å². The maximum atomic E-state index is 12.4. The third kappa shape index (κ3) is 3.53. The molecule has 1 N–H and O–H groups in total. The Hall–Kier alpha value is -3.60. The Kier molecular flexibility index (Phi) is 4.58. The SMILES string of the molecule is Cc1occc1C(=O)NCc1cn(-c2ccccc2)nc1-c1ccccc1. The number of aromatic nitrogens is 2. The van der Waals surface area contributed by atoms with E-state index in [1.54, 1.807) is 13.0 Å². The van der Waals surface area contributed by atoms with Gasteiger partial charge in [-0.05, 0) is 25.1 Å². The Morgan fingerprint density at radius 1 is 1.04 bits per heavy atom. The maximum absolute atomic E-state index is 12.4. The Labute approximate surface area is 157 Å². The van der Waals surface area contributed by atoms with Crippen LogP contribution in [0.2, 0.25) is 0 Å². The molecule has 4 rings (SSSR count). The number of carbonyl (C=O) groups excluding carboxylic acids is 1. The number of amides is 1. The number of furan rings is 1. The van der Waals surface area contributed by atoms with Gasteiger partial charge in [-0.1, -0.05) is 48.5 Å². The Bertz CT molecular complexity index is 1050. The summed E-state index contributed by atoms with van der Waals surface area (Å²) in [7, 11) is 0. The molecular weight excluding hydrogens is 338 g/mol. The lowest BCUT2D eigenvalue weighted by Gasteiger charge is -2.05. The molecule has 27 heavy (non-hydrogen) atoms. The van der Waals surface area contributed by atoms with Crippen LogP contribution in [0.5, 0.6) is 0 Å². The maximum Gasteiger partial charge on any atom is 0.255 e. The third-order valence-corrected chi connectivity index (χ3v) is 4.40. The first-order valence-corrected chi connectivity index (χ1v) is 8.74. The van der Waals surface area contributed by atoms with Crippen molar-refractivity contribution in [2.75, 3.05) is 0 Å². The fourth-order valence-corrected chi connectivity index (χ4v) is 2.98. The van der Waals surface area contributed by atoms with Crippen LogP contribution in [0.1, 0.15) is 21.7 Å². The lowest BCUT2D eigenvalue weighted by atomic mass is 10.1. The van der Waals surface area contributed by atoms with Gasteiger partial charge in [-0.25, -0.2) is 4.68 Å². The van der Waals surface area contributed by atoms with E-state index in [0.717, 1.165) is 22.5 Å². The molecule has 0 saturated carbocycles. The van der Waals surface area contributed by atoms with Gasteiger partial charge in [0.05, 0.1) is 23.2 Å². The summed E-state index contributed by atoms with van der Waals surface area (Å²) in [6.45, 7) is 2.15. The number of hydrogen-bond donors (Lipinski definition) is 1. The van der Waals surface area contributed by atoms with E-state index in [4.69, 9.17) is 9.52 Å². The van der Waals surface area contributed by atoms with E-state index in [0.29, 0.717) is 17.9 Å². The molecule has 4 aromatic rings. The zero-order valence-electron chi connectivity index (χ0n) is 14.9. The van der Waals surface area contributed by atoms with Crippen LogP contribution in [-0.2, 0) is 6.54 Å². The second-order valence-corrected chi connectivity index (χ2v) is 6.22. The predicted molar refractivity (Wildman–Crippen MR) is 104 cm³/mol. The fraction of sp³-hybridized carbons (Fsp3) is 0.0909. The lowest BCUT2D eigenvalue weighted by molar-refractivity contribution is 0.0949. The number of carbonyl (C=O) groups is 1. The summed E-state index contributed by atoms with van der Waals surface area (Å²) in [6.07, 6.45) is 3.48. The molecule has 5 heteroatoms. The first-order valence-electron chi connectivity index (χ1n) is 8.74. The summed E-state index contributed by atoms with van der Waals surface area (Å²) in [5, 5.41) is 7.72. The van der Waals surface area contributed by atoms with Gasteiger partial charge >= 0.3 is 0 Å². The molecule has 0 aliphatic heterocycles. The van der Waals surface area contributed by atoms with Crippen molar-refractivity contribution in [3.8, 4) is 16.9 Å². The number of nitrogens with zero attached hydrogens (tertiary/aromatic N) is 2. The Balaban J connectivity index is 1.65. The number of rotatable bonds is 5. The van der Waals surface area contributed by atoms with Gasteiger partial charge in [-0.3, -0.25) is 4.79 Å². The number of benzene rings is 2. The van der Waals surface area contributed by atoms with Crippen molar-refractivity contribution in [2.24, 2.45) is 0 Å². The number of aryl methyl sites for hydroxylation is 1. The molecule has 1 amide bonds. The second kappa shape index (κ2) is 7.33. The normalized spacial score (nSPS) is 10.7. The quantitative estimate of drug-likeness (QED) is 0.577. The van der Waals surface area contributed by atoms with Crippen molar-refractivity contribution in [3.63, 3.8) is 0 Å². The van der Waals surface area contributed by atoms with E-state index in [2.05, 4.69) is 5.32 Å². The molecule has 0 aliphatic rings. The number of para-hydroxylation sites is 1. The zero-order valence-corrected chi connectivity index (χ0v) is 14.9. The smallest absolute Gasteiger partial charge is 0.255 e. The van der Waals surface area contributed by atoms with Crippen LogP contribution in [0.15, 0.2) is 83.6 Å². The summed E-state index contributed by atoms with van der Waals surface area (Å²) < 4.78 is 7.06. The third-order valence-electron chi connectivity index (χ3n) is 4.40. The molecule has 0 radical (unpaired) electrons. The summed E-state index contributed by atoms with van der Waals surface area (Å²) >= 11 is 0. The monoisotopic (exact) mass is 357 g/mol. The minimum atomic E-state index is -0.160. The average molecular weight is 357 g/mol. The van der Waals surface area contributed by atoms with E-state index in [1.807, 2.05) is 71.5 Å². The highest BCUT2D eigenvalue weighted by molar-refractivity contribution is 5.95. The van der Waals surface area contributed by atoms with Crippen molar-refractivity contribution in [2.45, 2.75) is 13.5 Å². The number of nitrogens with one attached hydrogen (secondary N) is 1.